The maximum Gasteiger partial charge on any atom is 0.281 e. The number of aliphatic hydroxyl groups is 1. The van der Waals surface area contributed by atoms with Gasteiger partial charge in [-0.1, -0.05) is 41.9 Å². The number of nitrogens with zero attached hydrogens (tertiary/aromatic N) is 1. The molecular weight excluding hydrogens is 260 g/mol. The number of aromatic nitrogens is 2. The van der Waals surface area contributed by atoms with Gasteiger partial charge in [-0.2, -0.15) is 0 Å². The first kappa shape index (κ1) is 12.2. The Morgan fingerprint density at radius 3 is 2.58 bits per heavy atom. The SMILES string of the molecule is OCc1[nH]c2ccccc2[n+]1Cc1ccccc1Cl. The molecule has 0 aliphatic heterocycles. The lowest BCUT2D eigenvalue weighted by atomic mass is 10.2. The number of hydrogen-bond donors (Lipinski definition) is 2. The minimum atomic E-state index is -0.0286. The van der Waals surface area contributed by atoms with E-state index in [1.54, 1.807) is 0 Å². The number of fused-ring (bicyclic) bond motifs is 1. The highest BCUT2D eigenvalue weighted by atomic mass is 35.5. The van der Waals surface area contributed by atoms with Crippen molar-refractivity contribution < 1.29 is 9.67 Å². The second-order valence-electron chi connectivity index (χ2n) is 4.42. The Kier molecular flexibility index (Phi) is 3.23. The van der Waals surface area contributed by atoms with Crippen molar-refractivity contribution in [1.82, 2.24) is 4.98 Å². The second-order valence-corrected chi connectivity index (χ2v) is 4.83. The van der Waals surface area contributed by atoms with E-state index in [1.807, 2.05) is 48.5 Å². The van der Waals surface area contributed by atoms with Crippen molar-refractivity contribution in [2.75, 3.05) is 0 Å². The fraction of sp³-hybridized carbons (Fsp3) is 0.133. The summed E-state index contributed by atoms with van der Waals surface area (Å²) in [5.74, 6) is 0.779. The van der Waals surface area contributed by atoms with Crippen LogP contribution < -0.4 is 4.57 Å². The first-order chi connectivity index (χ1) is 9.29. The third-order valence-corrected chi connectivity index (χ3v) is 3.60. The van der Waals surface area contributed by atoms with E-state index in [2.05, 4.69) is 9.55 Å². The summed E-state index contributed by atoms with van der Waals surface area (Å²) in [4.78, 5) is 3.22. The molecule has 0 spiro atoms. The average molecular weight is 274 g/mol. The fourth-order valence-corrected chi connectivity index (χ4v) is 2.48. The van der Waals surface area contributed by atoms with Crippen molar-refractivity contribution >= 4 is 22.6 Å². The first-order valence-electron chi connectivity index (χ1n) is 6.13. The van der Waals surface area contributed by atoms with E-state index in [0.29, 0.717) is 6.54 Å². The number of rotatable bonds is 3. The Hall–Kier alpha value is -1.84. The van der Waals surface area contributed by atoms with Crippen LogP contribution in [0.4, 0.5) is 0 Å². The summed E-state index contributed by atoms with van der Waals surface area (Å²) in [5.41, 5.74) is 3.11. The molecule has 0 saturated carbocycles. The molecule has 3 aromatic rings. The minimum absolute atomic E-state index is 0.0286. The molecule has 3 rings (SSSR count). The number of H-pyrrole nitrogens is 1. The molecule has 0 unspecified atom stereocenters. The zero-order valence-corrected chi connectivity index (χ0v) is 11.1. The number of benzene rings is 2. The van der Waals surface area contributed by atoms with Gasteiger partial charge in [-0.3, -0.25) is 0 Å². The van der Waals surface area contributed by atoms with Gasteiger partial charge in [0.25, 0.3) is 5.82 Å². The summed E-state index contributed by atoms with van der Waals surface area (Å²) in [6, 6.07) is 15.7. The topological polar surface area (TPSA) is 39.9 Å². The molecule has 0 aliphatic carbocycles. The van der Waals surface area contributed by atoms with Crippen molar-refractivity contribution in [3.05, 3.63) is 64.9 Å². The van der Waals surface area contributed by atoms with Crippen LogP contribution in [0.3, 0.4) is 0 Å². The normalized spacial score (nSPS) is 11.1. The van der Waals surface area contributed by atoms with E-state index in [-0.39, 0.29) is 6.61 Å². The Balaban J connectivity index is 2.12. The molecule has 0 amide bonds. The summed E-state index contributed by atoms with van der Waals surface area (Å²) in [6.07, 6.45) is 0. The minimum Gasteiger partial charge on any atom is -0.384 e. The highest BCUT2D eigenvalue weighted by molar-refractivity contribution is 6.31. The van der Waals surface area contributed by atoms with Gasteiger partial charge in [0, 0.05) is 10.6 Å². The number of hydrogen-bond acceptors (Lipinski definition) is 1. The summed E-state index contributed by atoms with van der Waals surface area (Å²) >= 11 is 6.20. The van der Waals surface area contributed by atoms with Gasteiger partial charge in [0.2, 0.25) is 0 Å². The van der Waals surface area contributed by atoms with E-state index >= 15 is 0 Å². The van der Waals surface area contributed by atoms with Gasteiger partial charge in [0.05, 0.1) is 0 Å². The van der Waals surface area contributed by atoms with Crippen molar-refractivity contribution in [2.45, 2.75) is 13.2 Å². The molecule has 19 heavy (non-hydrogen) atoms. The third-order valence-electron chi connectivity index (χ3n) is 3.24. The van der Waals surface area contributed by atoms with Crippen molar-refractivity contribution in [3.8, 4) is 0 Å². The lowest BCUT2D eigenvalue weighted by Gasteiger charge is -2.03. The van der Waals surface area contributed by atoms with Crippen LogP contribution in [0.5, 0.6) is 0 Å². The number of halogens is 1. The van der Waals surface area contributed by atoms with Crippen molar-refractivity contribution in [1.29, 1.82) is 0 Å². The maximum absolute atomic E-state index is 9.48. The lowest BCUT2D eigenvalue weighted by molar-refractivity contribution is -0.672. The molecule has 1 heterocycles. The maximum atomic E-state index is 9.48. The molecule has 3 nitrogen and oxygen atoms in total. The van der Waals surface area contributed by atoms with Gasteiger partial charge in [-0.05, 0) is 18.2 Å². The van der Waals surface area contributed by atoms with Gasteiger partial charge in [0.15, 0.2) is 11.0 Å². The van der Waals surface area contributed by atoms with Crippen LogP contribution in [0.2, 0.25) is 5.02 Å². The highest BCUT2D eigenvalue weighted by Crippen LogP contribution is 2.16. The van der Waals surface area contributed by atoms with Crippen LogP contribution in [0.15, 0.2) is 48.5 Å². The van der Waals surface area contributed by atoms with Crippen LogP contribution in [0.1, 0.15) is 11.4 Å². The number of imidazole rings is 1. The van der Waals surface area contributed by atoms with E-state index in [4.69, 9.17) is 11.6 Å². The predicted octanol–water partition coefficient (Wildman–Crippen LogP) is 2.65. The van der Waals surface area contributed by atoms with Gasteiger partial charge >= 0.3 is 0 Å². The molecule has 96 valence electrons. The second kappa shape index (κ2) is 5.03. The molecule has 2 aromatic carbocycles. The summed E-state index contributed by atoms with van der Waals surface area (Å²) < 4.78 is 2.05. The number of aliphatic hydroxyl groups excluding tert-OH is 1. The van der Waals surface area contributed by atoms with Crippen molar-refractivity contribution in [2.24, 2.45) is 0 Å². The Labute approximate surface area is 116 Å². The quantitative estimate of drug-likeness (QED) is 0.708. The molecule has 0 atom stereocenters. The molecule has 0 aliphatic rings. The van der Waals surface area contributed by atoms with Gasteiger partial charge in [-0.15, -0.1) is 0 Å². The number of para-hydroxylation sites is 2. The van der Waals surface area contributed by atoms with Gasteiger partial charge in [0.1, 0.15) is 13.2 Å². The van der Waals surface area contributed by atoms with Crippen molar-refractivity contribution in [3.63, 3.8) is 0 Å². The van der Waals surface area contributed by atoms with E-state index < -0.39 is 0 Å². The Bertz CT molecular complexity index is 721. The largest absolute Gasteiger partial charge is 0.384 e. The molecule has 1 aromatic heterocycles. The van der Waals surface area contributed by atoms with Gasteiger partial charge < -0.3 is 5.11 Å². The van der Waals surface area contributed by atoms with E-state index in [9.17, 15) is 5.11 Å². The molecule has 0 saturated heterocycles. The van der Waals surface area contributed by atoms with E-state index in [0.717, 1.165) is 27.4 Å². The predicted molar refractivity (Wildman–Crippen MR) is 75.0 cm³/mol. The van der Waals surface area contributed by atoms with Crippen LogP contribution in [0.25, 0.3) is 11.0 Å². The smallest absolute Gasteiger partial charge is 0.281 e. The summed E-state index contributed by atoms with van der Waals surface area (Å²) in [7, 11) is 0. The zero-order valence-electron chi connectivity index (χ0n) is 10.3. The lowest BCUT2D eigenvalue weighted by Crippen LogP contribution is -2.37. The van der Waals surface area contributed by atoms with E-state index in [1.165, 1.54) is 0 Å². The molecule has 0 bridgehead atoms. The number of aromatic amines is 1. The Morgan fingerprint density at radius 1 is 1.05 bits per heavy atom. The van der Waals surface area contributed by atoms with Crippen LogP contribution in [-0.4, -0.2) is 10.1 Å². The van der Waals surface area contributed by atoms with Crippen LogP contribution in [0, 0.1) is 0 Å². The number of nitrogens with one attached hydrogen (secondary N) is 1. The molecule has 0 radical (unpaired) electrons. The fourth-order valence-electron chi connectivity index (χ4n) is 2.29. The average Bonchev–Trinajstić information content (AvgIpc) is 2.79. The molecular formula is C15H14ClN2O+. The zero-order chi connectivity index (χ0) is 13.2. The summed E-state index contributed by atoms with van der Waals surface area (Å²) in [5, 5.41) is 10.2. The first-order valence-corrected chi connectivity index (χ1v) is 6.51. The molecule has 4 heteroatoms. The Morgan fingerprint density at radius 2 is 1.79 bits per heavy atom. The standard InChI is InChI=1S/C15H13ClN2O/c16-12-6-2-1-5-11(12)9-18-14-8-4-3-7-13(14)17-15(18)10-19/h1-8,19H,9-10H2/p+1. The van der Waals surface area contributed by atoms with Gasteiger partial charge in [-0.25, -0.2) is 9.55 Å². The third kappa shape index (κ3) is 2.23. The summed E-state index contributed by atoms with van der Waals surface area (Å²) in [6.45, 7) is 0.610. The highest BCUT2D eigenvalue weighted by Gasteiger charge is 2.18. The van der Waals surface area contributed by atoms with Crippen LogP contribution >= 0.6 is 11.6 Å². The monoisotopic (exact) mass is 273 g/mol. The van der Waals surface area contributed by atoms with Crippen LogP contribution in [-0.2, 0) is 13.2 Å². The molecule has 2 N–H and O–H groups in total. The molecule has 0 fully saturated rings.